The lowest BCUT2D eigenvalue weighted by atomic mass is 9.92. The number of ether oxygens (including phenoxy) is 2. The Morgan fingerprint density at radius 3 is 2.90 bits per heavy atom. The van der Waals surface area contributed by atoms with Gasteiger partial charge in [0.1, 0.15) is 6.61 Å². The largest absolute Gasteiger partial charge is 0.445 e. The maximum absolute atomic E-state index is 11.6. The fourth-order valence-electron chi connectivity index (χ4n) is 2.29. The SMILES string of the molecule is O=C(NCC(CO)C1CCOC1)OCc1ccccc1. The molecule has 5 heteroatoms. The highest BCUT2D eigenvalue weighted by Gasteiger charge is 2.25. The molecule has 20 heavy (non-hydrogen) atoms. The number of aliphatic hydroxyl groups excluding tert-OH is 1. The van der Waals surface area contributed by atoms with Gasteiger partial charge in [-0.1, -0.05) is 30.3 Å². The molecule has 1 fully saturated rings. The summed E-state index contributed by atoms with van der Waals surface area (Å²) in [5, 5.41) is 12.1. The molecule has 1 saturated heterocycles. The van der Waals surface area contributed by atoms with E-state index in [1.807, 2.05) is 30.3 Å². The Morgan fingerprint density at radius 1 is 1.45 bits per heavy atom. The molecule has 0 aliphatic carbocycles. The van der Waals surface area contributed by atoms with Gasteiger partial charge in [-0.2, -0.15) is 0 Å². The third-order valence-corrected chi connectivity index (χ3v) is 3.59. The van der Waals surface area contributed by atoms with Crippen molar-refractivity contribution in [3.8, 4) is 0 Å². The van der Waals surface area contributed by atoms with Crippen molar-refractivity contribution >= 4 is 6.09 Å². The van der Waals surface area contributed by atoms with Gasteiger partial charge < -0.3 is 19.9 Å². The van der Waals surface area contributed by atoms with Gasteiger partial charge in [-0.05, 0) is 17.9 Å². The van der Waals surface area contributed by atoms with Crippen LogP contribution in [0.25, 0.3) is 0 Å². The lowest BCUT2D eigenvalue weighted by Crippen LogP contribution is -2.35. The van der Waals surface area contributed by atoms with Crippen LogP contribution in [0.4, 0.5) is 4.79 Å². The standard InChI is InChI=1S/C15H21NO4/c17-9-14(13-6-7-19-11-13)8-16-15(18)20-10-12-4-2-1-3-5-12/h1-5,13-14,17H,6-11H2,(H,16,18). The minimum absolute atomic E-state index is 0.0294. The van der Waals surface area contributed by atoms with Crippen molar-refractivity contribution in [2.24, 2.45) is 11.8 Å². The van der Waals surface area contributed by atoms with Crippen LogP contribution in [0.5, 0.6) is 0 Å². The second-order valence-corrected chi connectivity index (χ2v) is 5.01. The molecule has 1 aliphatic heterocycles. The monoisotopic (exact) mass is 279 g/mol. The number of alkyl carbamates (subject to hydrolysis) is 1. The maximum Gasteiger partial charge on any atom is 0.407 e. The highest BCUT2D eigenvalue weighted by atomic mass is 16.5. The summed E-state index contributed by atoms with van der Waals surface area (Å²) in [5.74, 6) is 0.344. The molecule has 110 valence electrons. The van der Waals surface area contributed by atoms with Crippen molar-refractivity contribution < 1.29 is 19.4 Å². The first-order valence-electron chi connectivity index (χ1n) is 6.92. The Morgan fingerprint density at radius 2 is 2.25 bits per heavy atom. The molecule has 1 aliphatic rings. The third-order valence-electron chi connectivity index (χ3n) is 3.59. The molecule has 1 amide bonds. The summed E-state index contributed by atoms with van der Waals surface area (Å²) < 4.78 is 10.4. The zero-order valence-corrected chi connectivity index (χ0v) is 11.5. The van der Waals surface area contributed by atoms with Crippen molar-refractivity contribution in [3.05, 3.63) is 35.9 Å². The number of carbonyl (C=O) groups is 1. The van der Waals surface area contributed by atoms with E-state index in [2.05, 4.69) is 5.32 Å². The van der Waals surface area contributed by atoms with E-state index >= 15 is 0 Å². The summed E-state index contributed by atoms with van der Waals surface area (Å²) in [6.45, 7) is 2.11. The van der Waals surface area contributed by atoms with Crippen LogP contribution < -0.4 is 5.32 Å². The predicted octanol–water partition coefficient (Wildman–Crippen LogP) is 1.56. The number of benzene rings is 1. The molecule has 2 N–H and O–H groups in total. The van der Waals surface area contributed by atoms with E-state index in [-0.39, 0.29) is 19.1 Å². The van der Waals surface area contributed by atoms with Crippen molar-refractivity contribution in [2.75, 3.05) is 26.4 Å². The van der Waals surface area contributed by atoms with Gasteiger partial charge in [0.15, 0.2) is 0 Å². The van der Waals surface area contributed by atoms with Crippen LogP contribution in [0, 0.1) is 11.8 Å². The highest BCUT2D eigenvalue weighted by Crippen LogP contribution is 2.21. The normalized spacial score (nSPS) is 19.6. The second-order valence-electron chi connectivity index (χ2n) is 5.01. The van der Waals surface area contributed by atoms with E-state index in [0.717, 1.165) is 18.6 Å². The highest BCUT2D eigenvalue weighted by molar-refractivity contribution is 5.67. The van der Waals surface area contributed by atoms with Crippen LogP contribution in [0.15, 0.2) is 30.3 Å². The number of nitrogens with one attached hydrogen (secondary N) is 1. The van der Waals surface area contributed by atoms with Gasteiger partial charge in [0.05, 0.1) is 0 Å². The first kappa shape index (κ1) is 14.8. The van der Waals surface area contributed by atoms with Gasteiger partial charge in [0.25, 0.3) is 0 Å². The summed E-state index contributed by atoms with van der Waals surface area (Å²) in [4.78, 5) is 11.6. The first-order chi connectivity index (χ1) is 9.79. The average molecular weight is 279 g/mol. The summed E-state index contributed by atoms with van der Waals surface area (Å²) in [7, 11) is 0. The van der Waals surface area contributed by atoms with Crippen molar-refractivity contribution in [1.29, 1.82) is 0 Å². The van der Waals surface area contributed by atoms with Gasteiger partial charge in [0, 0.05) is 32.3 Å². The molecular weight excluding hydrogens is 258 g/mol. The second kappa shape index (κ2) is 7.87. The lowest BCUT2D eigenvalue weighted by Gasteiger charge is -2.20. The van der Waals surface area contributed by atoms with E-state index in [1.54, 1.807) is 0 Å². The number of carbonyl (C=O) groups excluding carboxylic acids is 1. The van der Waals surface area contributed by atoms with E-state index < -0.39 is 6.09 Å². The third kappa shape index (κ3) is 4.51. The van der Waals surface area contributed by atoms with Crippen molar-refractivity contribution in [1.82, 2.24) is 5.32 Å². The van der Waals surface area contributed by atoms with Crippen LogP contribution in [-0.4, -0.2) is 37.6 Å². The van der Waals surface area contributed by atoms with Crippen LogP contribution in [0.2, 0.25) is 0 Å². The van der Waals surface area contributed by atoms with Gasteiger partial charge in [-0.25, -0.2) is 4.79 Å². The maximum atomic E-state index is 11.6. The summed E-state index contributed by atoms with van der Waals surface area (Å²) in [6.07, 6.45) is 0.484. The minimum Gasteiger partial charge on any atom is -0.445 e. The van der Waals surface area contributed by atoms with Crippen LogP contribution in [-0.2, 0) is 16.1 Å². The number of hydrogen-bond acceptors (Lipinski definition) is 4. The average Bonchev–Trinajstić information content (AvgIpc) is 3.01. The topological polar surface area (TPSA) is 67.8 Å². The van der Waals surface area contributed by atoms with Gasteiger partial charge in [-0.15, -0.1) is 0 Å². The molecule has 1 aromatic carbocycles. The van der Waals surface area contributed by atoms with Gasteiger partial charge in [-0.3, -0.25) is 0 Å². The molecule has 0 bridgehead atoms. The van der Waals surface area contributed by atoms with Crippen LogP contribution in [0.3, 0.4) is 0 Å². The van der Waals surface area contributed by atoms with E-state index in [0.29, 0.717) is 19.1 Å². The van der Waals surface area contributed by atoms with Gasteiger partial charge in [0.2, 0.25) is 0 Å². The molecule has 2 rings (SSSR count). The molecule has 0 aromatic heterocycles. The molecule has 1 heterocycles. The zero-order valence-electron chi connectivity index (χ0n) is 11.5. The summed E-state index contributed by atoms with van der Waals surface area (Å²) in [6, 6.07) is 9.52. The Labute approximate surface area is 118 Å². The molecule has 0 radical (unpaired) electrons. The molecular formula is C15H21NO4. The Bertz CT molecular complexity index is 404. The number of aliphatic hydroxyl groups is 1. The fourth-order valence-corrected chi connectivity index (χ4v) is 2.29. The van der Waals surface area contributed by atoms with Gasteiger partial charge >= 0.3 is 6.09 Å². The Balaban J connectivity index is 1.68. The zero-order chi connectivity index (χ0) is 14.2. The predicted molar refractivity (Wildman–Crippen MR) is 74.1 cm³/mol. The van der Waals surface area contributed by atoms with Crippen LogP contribution in [0.1, 0.15) is 12.0 Å². The summed E-state index contributed by atoms with van der Waals surface area (Å²) in [5.41, 5.74) is 0.950. The van der Waals surface area contributed by atoms with Crippen molar-refractivity contribution in [3.63, 3.8) is 0 Å². The molecule has 0 spiro atoms. The Kier molecular flexibility index (Phi) is 5.83. The first-order valence-corrected chi connectivity index (χ1v) is 6.92. The summed E-state index contributed by atoms with van der Waals surface area (Å²) >= 11 is 0. The molecule has 2 unspecified atom stereocenters. The molecule has 2 atom stereocenters. The minimum atomic E-state index is -0.453. The quantitative estimate of drug-likeness (QED) is 0.829. The van der Waals surface area contributed by atoms with Crippen LogP contribution >= 0.6 is 0 Å². The lowest BCUT2D eigenvalue weighted by molar-refractivity contribution is 0.121. The molecule has 0 saturated carbocycles. The van der Waals surface area contributed by atoms with E-state index in [9.17, 15) is 9.90 Å². The van der Waals surface area contributed by atoms with Crippen molar-refractivity contribution in [2.45, 2.75) is 13.0 Å². The fraction of sp³-hybridized carbons (Fsp3) is 0.533. The smallest absolute Gasteiger partial charge is 0.407 e. The number of amides is 1. The molecule has 1 aromatic rings. The number of rotatable bonds is 6. The van der Waals surface area contributed by atoms with E-state index in [1.165, 1.54) is 0 Å². The number of hydrogen-bond donors (Lipinski definition) is 2. The Hall–Kier alpha value is -1.59. The molecule has 5 nitrogen and oxygen atoms in total. The van der Waals surface area contributed by atoms with E-state index in [4.69, 9.17) is 9.47 Å².